The van der Waals surface area contributed by atoms with Crippen LogP contribution in [0.1, 0.15) is 15.9 Å². The molecule has 0 saturated carbocycles. The van der Waals surface area contributed by atoms with Crippen LogP contribution in [-0.2, 0) is 6.61 Å². The Balaban J connectivity index is 2.05. The van der Waals surface area contributed by atoms with Crippen LogP contribution in [-0.4, -0.2) is 28.0 Å². The molecule has 25 heavy (non-hydrogen) atoms. The SMILES string of the molecule is CNc1cc(F)cc2cc(C(=O)Nc3cnccc3CO)c(=O)[nH]c12. The van der Waals surface area contributed by atoms with Crippen LogP contribution in [0.15, 0.2) is 41.5 Å². The van der Waals surface area contributed by atoms with Crippen molar-refractivity contribution >= 4 is 28.2 Å². The van der Waals surface area contributed by atoms with Crippen LogP contribution in [0.4, 0.5) is 15.8 Å². The van der Waals surface area contributed by atoms with Crippen molar-refractivity contribution in [3.63, 3.8) is 0 Å². The van der Waals surface area contributed by atoms with Crippen molar-refractivity contribution in [1.82, 2.24) is 9.97 Å². The lowest BCUT2D eigenvalue weighted by atomic mass is 10.1. The predicted molar refractivity (Wildman–Crippen MR) is 92.2 cm³/mol. The maximum Gasteiger partial charge on any atom is 0.261 e. The molecule has 7 nitrogen and oxygen atoms in total. The number of halogens is 1. The number of benzene rings is 1. The first-order chi connectivity index (χ1) is 12.0. The van der Waals surface area contributed by atoms with Gasteiger partial charge in [-0.15, -0.1) is 0 Å². The number of carbonyl (C=O) groups is 1. The van der Waals surface area contributed by atoms with Crippen molar-refractivity contribution in [2.45, 2.75) is 6.61 Å². The number of hydrogen-bond donors (Lipinski definition) is 4. The summed E-state index contributed by atoms with van der Waals surface area (Å²) in [7, 11) is 1.60. The summed E-state index contributed by atoms with van der Waals surface area (Å²) in [6, 6.07) is 5.35. The first-order valence-electron chi connectivity index (χ1n) is 7.43. The van der Waals surface area contributed by atoms with Gasteiger partial charge in [0.2, 0.25) is 0 Å². The Hall–Kier alpha value is -3.26. The molecule has 0 aliphatic heterocycles. The quantitative estimate of drug-likeness (QED) is 0.579. The van der Waals surface area contributed by atoms with E-state index in [0.717, 1.165) is 0 Å². The van der Waals surface area contributed by atoms with Crippen molar-refractivity contribution < 1.29 is 14.3 Å². The summed E-state index contributed by atoms with van der Waals surface area (Å²) in [5.41, 5.74) is 0.793. The van der Waals surface area contributed by atoms with Crippen LogP contribution in [0.5, 0.6) is 0 Å². The smallest absolute Gasteiger partial charge is 0.261 e. The molecule has 3 rings (SSSR count). The van der Waals surface area contributed by atoms with E-state index in [9.17, 15) is 19.1 Å². The molecular weight excluding hydrogens is 327 g/mol. The number of pyridine rings is 2. The van der Waals surface area contributed by atoms with Gasteiger partial charge in [-0.1, -0.05) is 0 Å². The number of rotatable bonds is 4. The molecule has 0 fully saturated rings. The highest BCUT2D eigenvalue weighted by atomic mass is 19.1. The van der Waals surface area contributed by atoms with Crippen LogP contribution in [0.2, 0.25) is 0 Å². The lowest BCUT2D eigenvalue weighted by Crippen LogP contribution is -2.23. The maximum absolute atomic E-state index is 13.7. The second kappa shape index (κ2) is 6.70. The zero-order chi connectivity index (χ0) is 18.0. The fourth-order valence-corrected chi connectivity index (χ4v) is 2.51. The first kappa shape index (κ1) is 16.6. The molecule has 0 aliphatic carbocycles. The minimum atomic E-state index is -0.680. The average molecular weight is 342 g/mol. The number of aromatic nitrogens is 2. The number of nitrogens with one attached hydrogen (secondary N) is 3. The fourth-order valence-electron chi connectivity index (χ4n) is 2.51. The van der Waals surface area contributed by atoms with Gasteiger partial charge < -0.3 is 20.7 Å². The number of nitrogens with zero attached hydrogens (tertiary/aromatic N) is 1. The summed E-state index contributed by atoms with van der Waals surface area (Å²) in [6.07, 6.45) is 2.85. The Labute approximate surface area is 141 Å². The maximum atomic E-state index is 13.7. The van der Waals surface area contributed by atoms with Gasteiger partial charge in [0.05, 0.1) is 29.7 Å². The molecule has 2 aromatic heterocycles. The van der Waals surface area contributed by atoms with Crippen LogP contribution in [0.25, 0.3) is 10.9 Å². The number of fused-ring (bicyclic) bond motifs is 1. The number of aromatic amines is 1. The standard InChI is InChI=1S/C17H15FN4O3/c1-19-13-6-11(18)4-10-5-12(17(25)22-15(10)13)16(24)21-14-7-20-3-2-9(14)8-23/h2-7,19,23H,8H2,1H3,(H,21,24)(H,22,25). The predicted octanol–water partition coefficient (Wildman–Crippen LogP) is 1.85. The van der Waals surface area contributed by atoms with Gasteiger partial charge >= 0.3 is 0 Å². The van der Waals surface area contributed by atoms with Crippen LogP contribution in [0, 0.1) is 5.82 Å². The molecule has 128 valence electrons. The van der Waals surface area contributed by atoms with E-state index in [4.69, 9.17) is 0 Å². The van der Waals surface area contributed by atoms with E-state index in [-0.39, 0.29) is 12.2 Å². The Morgan fingerprint density at radius 3 is 2.84 bits per heavy atom. The molecule has 1 amide bonds. The topological polar surface area (TPSA) is 107 Å². The van der Waals surface area contributed by atoms with E-state index in [1.54, 1.807) is 13.1 Å². The second-order valence-corrected chi connectivity index (χ2v) is 5.32. The second-order valence-electron chi connectivity index (χ2n) is 5.32. The molecule has 0 aliphatic rings. The van der Waals surface area contributed by atoms with Crippen LogP contribution >= 0.6 is 0 Å². The van der Waals surface area contributed by atoms with E-state index in [0.29, 0.717) is 27.8 Å². The van der Waals surface area contributed by atoms with Gasteiger partial charge in [-0.2, -0.15) is 0 Å². The minimum Gasteiger partial charge on any atom is -0.392 e. The van der Waals surface area contributed by atoms with Gasteiger partial charge in [0.15, 0.2) is 0 Å². The summed E-state index contributed by atoms with van der Waals surface area (Å²) >= 11 is 0. The van der Waals surface area contributed by atoms with Gasteiger partial charge in [0.1, 0.15) is 11.4 Å². The monoisotopic (exact) mass is 342 g/mol. The number of H-pyrrole nitrogens is 1. The van der Waals surface area contributed by atoms with Crippen molar-refractivity contribution in [2.75, 3.05) is 17.7 Å². The Morgan fingerprint density at radius 1 is 1.32 bits per heavy atom. The molecule has 0 spiro atoms. The third-order valence-corrected chi connectivity index (χ3v) is 3.76. The van der Waals surface area contributed by atoms with E-state index in [1.807, 2.05) is 0 Å². The minimum absolute atomic E-state index is 0.173. The largest absolute Gasteiger partial charge is 0.392 e. The van der Waals surface area contributed by atoms with E-state index in [2.05, 4.69) is 20.6 Å². The summed E-state index contributed by atoms with van der Waals surface area (Å²) in [5.74, 6) is -1.17. The van der Waals surface area contributed by atoms with Gasteiger partial charge in [-0.05, 0) is 24.3 Å². The highest BCUT2D eigenvalue weighted by Crippen LogP contribution is 2.23. The van der Waals surface area contributed by atoms with Gasteiger partial charge in [0, 0.05) is 24.2 Å². The Bertz CT molecular complexity index is 1020. The van der Waals surface area contributed by atoms with Crippen LogP contribution < -0.4 is 16.2 Å². The molecule has 8 heteroatoms. The average Bonchev–Trinajstić information content (AvgIpc) is 2.61. The van der Waals surface area contributed by atoms with Crippen molar-refractivity contribution in [1.29, 1.82) is 0 Å². The fraction of sp³-hybridized carbons (Fsp3) is 0.118. The molecule has 0 radical (unpaired) electrons. The number of hydrogen-bond acceptors (Lipinski definition) is 5. The third kappa shape index (κ3) is 3.20. The highest BCUT2D eigenvalue weighted by Gasteiger charge is 2.15. The molecule has 3 aromatic rings. The zero-order valence-electron chi connectivity index (χ0n) is 13.3. The van der Waals surface area contributed by atoms with Gasteiger partial charge in [-0.25, -0.2) is 4.39 Å². The highest BCUT2D eigenvalue weighted by molar-refractivity contribution is 6.06. The van der Waals surface area contributed by atoms with Crippen molar-refractivity contribution in [2.24, 2.45) is 0 Å². The summed E-state index contributed by atoms with van der Waals surface area (Å²) in [4.78, 5) is 31.2. The normalized spacial score (nSPS) is 10.7. The van der Waals surface area contributed by atoms with E-state index < -0.39 is 17.3 Å². The summed E-state index contributed by atoms with van der Waals surface area (Å²) in [6.45, 7) is -0.289. The van der Waals surface area contributed by atoms with Gasteiger partial charge in [-0.3, -0.25) is 14.6 Å². The first-order valence-corrected chi connectivity index (χ1v) is 7.43. The molecule has 2 heterocycles. The van der Waals surface area contributed by atoms with Crippen LogP contribution in [0.3, 0.4) is 0 Å². The molecule has 4 N–H and O–H groups in total. The number of amides is 1. The van der Waals surface area contributed by atoms with Gasteiger partial charge in [0.25, 0.3) is 11.5 Å². The number of aliphatic hydroxyl groups is 1. The number of aliphatic hydroxyl groups excluding tert-OH is 1. The molecule has 0 unspecified atom stereocenters. The molecule has 0 saturated heterocycles. The molecule has 0 bridgehead atoms. The Morgan fingerprint density at radius 2 is 2.12 bits per heavy atom. The number of anilines is 2. The molecule has 0 atom stereocenters. The lowest BCUT2D eigenvalue weighted by Gasteiger charge is -2.10. The number of carbonyl (C=O) groups excluding carboxylic acids is 1. The van der Waals surface area contributed by atoms with Crippen molar-refractivity contribution in [3.8, 4) is 0 Å². The van der Waals surface area contributed by atoms with E-state index in [1.165, 1.54) is 30.6 Å². The molecule has 1 aromatic carbocycles. The Kier molecular flexibility index (Phi) is 4.44. The molecular formula is C17H15FN4O3. The summed E-state index contributed by atoms with van der Waals surface area (Å²) < 4.78 is 13.7. The third-order valence-electron chi connectivity index (χ3n) is 3.76. The van der Waals surface area contributed by atoms with Crippen molar-refractivity contribution in [3.05, 3.63) is 64.0 Å². The lowest BCUT2D eigenvalue weighted by molar-refractivity contribution is 0.102. The van der Waals surface area contributed by atoms with E-state index >= 15 is 0 Å². The zero-order valence-corrected chi connectivity index (χ0v) is 13.3. The summed E-state index contributed by atoms with van der Waals surface area (Å²) in [5, 5.41) is 15.0.